The van der Waals surface area contributed by atoms with Crippen molar-refractivity contribution in [3.8, 4) is 0 Å². The first kappa shape index (κ1) is 21.9. The molecule has 0 unspecified atom stereocenters. The number of nitro benzene ring substituents is 1. The highest BCUT2D eigenvalue weighted by Crippen LogP contribution is 2.17. The second kappa shape index (κ2) is 9.82. The largest absolute Gasteiger partial charge is 0.321 e. The Morgan fingerprint density at radius 2 is 1.68 bits per heavy atom. The molecule has 0 aliphatic carbocycles. The molecule has 0 heterocycles. The summed E-state index contributed by atoms with van der Waals surface area (Å²) >= 11 is 3.34. The highest BCUT2D eigenvalue weighted by molar-refractivity contribution is 9.10. The normalized spacial score (nSPS) is 11.0. The summed E-state index contributed by atoms with van der Waals surface area (Å²) in [6, 6.07) is 19.6. The summed E-state index contributed by atoms with van der Waals surface area (Å²) in [5, 5.41) is 16.2. The van der Waals surface area contributed by atoms with Crippen LogP contribution in [0.25, 0.3) is 6.08 Å². The molecule has 0 radical (unpaired) electrons. The van der Waals surface area contributed by atoms with Crippen molar-refractivity contribution < 1.29 is 14.5 Å². The van der Waals surface area contributed by atoms with E-state index in [2.05, 4.69) is 26.6 Å². The number of carbonyl (C=O) groups excluding carboxylic acids is 2. The fourth-order valence-corrected chi connectivity index (χ4v) is 2.99. The molecule has 8 heteroatoms. The average Bonchev–Trinajstić information content (AvgIpc) is 2.75. The Kier molecular flexibility index (Phi) is 6.94. The van der Waals surface area contributed by atoms with E-state index >= 15 is 0 Å². The quantitative estimate of drug-likeness (QED) is 0.292. The molecule has 2 amide bonds. The highest BCUT2D eigenvalue weighted by Gasteiger charge is 2.16. The van der Waals surface area contributed by atoms with Crippen molar-refractivity contribution in [2.75, 3.05) is 5.32 Å². The van der Waals surface area contributed by atoms with Gasteiger partial charge in [-0.15, -0.1) is 0 Å². The van der Waals surface area contributed by atoms with Gasteiger partial charge >= 0.3 is 0 Å². The molecule has 0 aliphatic rings. The van der Waals surface area contributed by atoms with Gasteiger partial charge in [0.1, 0.15) is 5.70 Å². The second-order valence-corrected chi connectivity index (χ2v) is 7.61. The zero-order valence-electron chi connectivity index (χ0n) is 16.5. The third-order valence-electron chi connectivity index (χ3n) is 4.29. The summed E-state index contributed by atoms with van der Waals surface area (Å²) in [5.74, 6) is -0.968. The number of hydrogen-bond acceptors (Lipinski definition) is 4. The van der Waals surface area contributed by atoms with E-state index in [9.17, 15) is 19.7 Å². The number of aryl methyl sites for hydroxylation is 1. The number of non-ortho nitro benzene ring substituents is 1. The summed E-state index contributed by atoms with van der Waals surface area (Å²) in [6.07, 6.45) is 1.46. The Hall–Kier alpha value is -3.78. The number of carbonyl (C=O) groups is 2. The van der Waals surface area contributed by atoms with Crippen LogP contribution in [0.1, 0.15) is 21.5 Å². The molecule has 156 valence electrons. The van der Waals surface area contributed by atoms with E-state index in [1.54, 1.807) is 42.5 Å². The van der Waals surface area contributed by atoms with E-state index in [4.69, 9.17) is 0 Å². The van der Waals surface area contributed by atoms with E-state index in [0.29, 0.717) is 16.8 Å². The standard InChI is InChI=1S/C23H18BrN3O4/c1-15-3-2-4-17(13-15)22(28)26-21(14-16-5-11-20(12-6-16)27(30)31)23(29)25-19-9-7-18(24)8-10-19/h2-14H,1H3,(H,25,29)(H,26,28). The summed E-state index contributed by atoms with van der Waals surface area (Å²) in [4.78, 5) is 36.0. The molecule has 0 spiro atoms. The van der Waals surface area contributed by atoms with Gasteiger partial charge in [0.2, 0.25) is 0 Å². The summed E-state index contributed by atoms with van der Waals surface area (Å²) in [5.41, 5.74) is 2.33. The van der Waals surface area contributed by atoms with Crippen LogP contribution in [-0.2, 0) is 4.79 Å². The van der Waals surface area contributed by atoms with E-state index in [1.165, 1.54) is 30.3 Å². The average molecular weight is 480 g/mol. The van der Waals surface area contributed by atoms with Crippen molar-refractivity contribution in [3.05, 3.63) is 110 Å². The predicted octanol–water partition coefficient (Wildman–Crippen LogP) is 5.08. The number of halogens is 1. The van der Waals surface area contributed by atoms with Gasteiger partial charge in [-0.3, -0.25) is 19.7 Å². The van der Waals surface area contributed by atoms with E-state index < -0.39 is 16.7 Å². The summed E-state index contributed by atoms with van der Waals surface area (Å²) in [6.45, 7) is 1.87. The summed E-state index contributed by atoms with van der Waals surface area (Å²) in [7, 11) is 0. The van der Waals surface area contributed by atoms with Gasteiger partial charge in [0.05, 0.1) is 4.92 Å². The van der Waals surface area contributed by atoms with Crippen LogP contribution < -0.4 is 10.6 Å². The second-order valence-electron chi connectivity index (χ2n) is 6.69. The molecule has 3 rings (SSSR count). The fraction of sp³-hybridized carbons (Fsp3) is 0.0435. The first-order valence-corrected chi connectivity index (χ1v) is 10.0. The Labute approximate surface area is 187 Å². The third kappa shape index (κ3) is 6.10. The van der Waals surface area contributed by atoms with E-state index in [1.807, 2.05) is 13.0 Å². The van der Waals surface area contributed by atoms with E-state index in [-0.39, 0.29) is 11.4 Å². The lowest BCUT2D eigenvalue weighted by Gasteiger charge is -2.12. The monoisotopic (exact) mass is 479 g/mol. The number of hydrogen-bond donors (Lipinski definition) is 2. The molecule has 3 aromatic carbocycles. The maximum atomic E-state index is 12.9. The Balaban J connectivity index is 1.90. The minimum atomic E-state index is -0.526. The van der Waals surface area contributed by atoms with Gasteiger partial charge in [-0.1, -0.05) is 33.6 Å². The van der Waals surface area contributed by atoms with Crippen LogP contribution in [-0.4, -0.2) is 16.7 Å². The SMILES string of the molecule is Cc1cccc(C(=O)NC(=Cc2ccc([N+](=O)[O-])cc2)C(=O)Nc2ccc(Br)cc2)c1. The molecular formula is C23H18BrN3O4. The summed E-state index contributed by atoms with van der Waals surface area (Å²) < 4.78 is 0.861. The number of nitrogens with one attached hydrogen (secondary N) is 2. The fourth-order valence-electron chi connectivity index (χ4n) is 2.73. The van der Waals surface area contributed by atoms with Gasteiger partial charge in [0, 0.05) is 27.9 Å². The zero-order valence-corrected chi connectivity index (χ0v) is 18.0. The molecule has 31 heavy (non-hydrogen) atoms. The highest BCUT2D eigenvalue weighted by atomic mass is 79.9. The zero-order chi connectivity index (χ0) is 22.4. The number of amides is 2. The van der Waals surface area contributed by atoms with Gasteiger partial charge in [-0.2, -0.15) is 0 Å². The first-order chi connectivity index (χ1) is 14.8. The molecule has 0 saturated heterocycles. The third-order valence-corrected chi connectivity index (χ3v) is 4.82. The van der Waals surface area contributed by atoms with Crippen LogP contribution >= 0.6 is 15.9 Å². The van der Waals surface area contributed by atoms with Crippen LogP contribution in [0.2, 0.25) is 0 Å². The van der Waals surface area contributed by atoms with Crippen LogP contribution in [0.15, 0.2) is 83.0 Å². The Bertz CT molecular complexity index is 1160. The van der Waals surface area contributed by atoms with Gasteiger partial charge < -0.3 is 10.6 Å². The lowest BCUT2D eigenvalue weighted by Crippen LogP contribution is -2.30. The molecule has 0 saturated carbocycles. The van der Waals surface area contributed by atoms with E-state index in [0.717, 1.165) is 10.0 Å². The first-order valence-electron chi connectivity index (χ1n) is 9.23. The van der Waals surface area contributed by atoms with Gasteiger partial charge in [0.15, 0.2) is 0 Å². The molecule has 0 aromatic heterocycles. The van der Waals surface area contributed by atoms with Gasteiger partial charge in [0.25, 0.3) is 17.5 Å². The van der Waals surface area contributed by atoms with Crippen molar-refractivity contribution in [3.63, 3.8) is 0 Å². The van der Waals surface area contributed by atoms with Crippen LogP contribution in [0.5, 0.6) is 0 Å². The van der Waals surface area contributed by atoms with Gasteiger partial charge in [-0.05, 0) is 67.1 Å². The number of nitro groups is 1. The molecule has 0 fully saturated rings. The molecule has 0 aliphatic heterocycles. The lowest BCUT2D eigenvalue weighted by atomic mass is 10.1. The minimum Gasteiger partial charge on any atom is -0.321 e. The molecule has 0 atom stereocenters. The van der Waals surface area contributed by atoms with Crippen molar-refractivity contribution in [2.24, 2.45) is 0 Å². The van der Waals surface area contributed by atoms with Crippen LogP contribution in [0, 0.1) is 17.0 Å². The van der Waals surface area contributed by atoms with Crippen molar-refractivity contribution in [2.45, 2.75) is 6.92 Å². The minimum absolute atomic E-state index is 0.00304. The topological polar surface area (TPSA) is 101 Å². The van der Waals surface area contributed by atoms with Crippen molar-refractivity contribution in [1.82, 2.24) is 5.32 Å². The molecule has 0 bridgehead atoms. The van der Waals surface area contributed by atoms with Crippen LogP contribution in [0.3, 0.4) is 0 Å². The van der Waals surface area contributed by atoms with Crippen molar-refractivity contribution in [1.29, 1.82) is 0 Å². The molecule has 2 N–H and O–H groups in total. The Morgan fingerprint density at radius 1 is 1.00 bits per heavy atom. The smallest absolute Gasteiger partial charge is 0.272 e. The lowest BCUT2D eigenvalue weighted by molar-refractivity contribution is -0.384. The number of rotatable bonds is 6. The molecule has 7 nitrogen and oxygen atoms in total. The van der Waals surface area contributed by atoms with Crippen molar-refractivity contribution >= 4 is 45.2 Å². The maximum absolute atomic E-state index is 12.9. The Morgan fingerprint density at radius 3 is 2.29 bits per heavy atom. The molecule has 3 aromatic rings. The number of anilines is 1. The van der Waals surface area contributed by atoms with Crippen LogP contribution in [0.4, 0.5) is 11.4 Å². The molecular weight excluding hydrogens is 462 g/mol. The number of nitrogens with zero attached hydrogens (tertiary/aromatic N) is 1. The number of benzene rings is 3. The van der Waals surface area contributed by atoms with Gasteiger partial charge in [-0.25, -0.2) is 0 Å². The maximum Gasteiger partial charge on any atom is 0.272 e. The predicted molar refractivity (Wildman–Crippen MR) is 122 cm³/mol.